The van der Waals surface area contributed by atoms with E-state index in [1.54, 1.807) is 0 Å². The van der Waals surface area contributed by atoms with Gasteiger partial charge in [-0.1, -0.05) is 56.9 Å². The third-order valence-electron chi connectivity index (χ3n) is 8.58. The molecule has 1 aliphatic carbocycles. The van der Waals surface area contributed by atoms with Crippen LogP contribution in [0.2, 0.25) is 0 Å². The van der Waals surface area contributed by atoms with Crippen molar-refractivity contribution in [2.75, 3.05) is 13.2 Å². The summed E-state index contributed by atoms with van der Waals surface area (Å²) < 4.78 is 24.9. The van der Waals surface area contributed by atoms with Crippen molar-refractivity contribution in [1.82, 2.24) is 0 Å². The molecule has 0 radical (unpaired) electrons. The van der Waals surface area contributed by atoms with Crippen molar-refractivity contribution in [3.8, 4) is 0 Å². The van der Waals surface area contributed by atoms with Crippen LogP contribution in [-0.4, -0.2) is 54.9 Å². The van der Waals surface area contributed by atoms with Crippen LogP contribution in [0.3, 0.4) is 0 Å². The highest BCUT2D eigenvalue weighted by Gasteiger charge is 2.43. The molecule has 0 bridgehead atoms. The van der Waals surface area contributed by atoms with Gasteiger partial charge in [0.25, 0.3) is 0 Å². The molecule has 7 heteroatoms. The largest absolute Gasteiger partial charge is 0.481 e. The van der Waals surface area contributed by atoms with Crippen molar-refractivity contribution in [3.05, 3.63) is 23.8 Å². The molecule has 3 rings (SSSR count). The molecule has 6 atom stereocenters. The van der Waals surface area contributed by atoms with E-state index >= 15 is 0 Å². The molecule has 7 nitrogen and oxygen atoms in total. The molecule has 0 aromatic rings. The maximum atomic E-state index is 13.3. The predicted molar refractivity (Wildman–Crippen MR) is 156 cm³/mol. The molecule has 0 aromatic carbocycles. The van der Waals surface area contributed by atoms with E-state index < -0.39 is 5.97 Å². The van der Waals surface area contributed by atoms with Gasteiger partial charge >= 0.3 is 5.97 Å². The van der Waals surface area contributed by atoms with Crippen LogP contribution in [0, 0.1) is 17.3 Å². The molecule has 2 unspecified atom stereocenters. The number of aliphatic carboxylic acids is 1. The third-order valence-corrected chi connectivity index (χ3v) is 8.58. The lowest BCUT2D eigenvalue weighted by Gasteiger charge is -2.36. The molecule has 0 aromatic heterocycles. The average Bonchev–Trinajstić information content (AvgIpc) is 3.21. The lowest BCUT2D eigenvalue weighted by Crippen LogP contribution is -2.36. The molecule has 228 valence electrons. The third kappa shape index (κ3) is 11.0. The summed E-state index contributed by atoms with van der Waals surface area (Å²) in [5.41, 5.74) is 1.13. The van der Waals surface area contributed by atoms with Crippen LogP contribution in [-0.2, 0) is 28.5 Å². The summed E-state index contributed by atoms with van der Waals surface area (Å²) in [6.45, 7) is 10.2. The minimum atomic E-state index is -0.746. The van der Waals surface area contributed by atoms with Gasteiger partial charge in [0, 0.05) is 37.9 Å². The van der Waals surface area contributed by atoms with Crippen molar-refractivity contribution in [2.24, 2.45) is 17.3 Å². The zero-order valence-electron chi connectivity index (χ0n) is 25.4. The number of carboxylic acids is 1. The number of Topliss-reactive ketones (excluding diaryl/α,β-unsaturated/α-hetero) is 1. The Hall–Kier alpha value is -1.54. The Kier molecular flexibility index (Phi) is 13.8. The molecule has 0 amide bonds. The van der Waals surface area contributed by atoms with Crippen molar-refractivity contribution >= 4 is 11.8 Å². The monoisotopic (exact) mass is 562 g/mol. The fourth-order valence-corrected chi connectivity index (χ4v) is 6.00. The van der Waals surface area contributed by atoms with Gasteiger partial charge in [-0.05, 0) is 77.0 Å². The second kappa shape index (κ2) is 16.8. The SMILES string of the molecule is CC(C)=CCC(C)(C)[C@H](/C=C/[C@H]1[C@H](OC2CCCCO2)CC(=O)[C@@H]1CCCCCCC(=O)O)OC1CCCCO1. The zero-order chi connectivity index (χ0) is 29.0. The summed E-state index contributed by atoms with van der Waals surface area (Å²) in [4.78, 5) is 24.1. The first-order valence-electron chi connectivity index (χ1n) is 15.8. The summed E-state index contributed by atoms with van der Waals surface area (Å²) in [5, 5.41) is 8.90. The van der Waals surface area contributed by atoms with E-state index in [2.05, 4.69) is 45.9 Å². The first-order chi connectivity index (χ1) is 19.2. The van der Waals surface area contributed by atoms with E-state index in [0.29, 0.717) is 19.4 Å². The number of carbonyl (C=O) groups excluding carboxylic acids is 1. The van der Waals surface area contributed by atoms with Gasteiger partial charge in [-0.2, -0.15) is 0 Å². The lowest BCUT2D eigenvalue weighted by molar-refractivity contribution is -0.197. The Labute approximate surface area is 242 Å². The van der Waals surface area contributed by atoms with E-state index in [-0.39, 0.29) is 54.2 Å². The summed E-state index contributed by atoms with van der Waals surface area (Å²) in [7, 11) is 0. The Morgan fingerprint density at radius 2 is 1.70 bits per heavy atom. The maximum Gasteiger partial charge on any atom is 0.303 e. The smallest absolute Gasteiger partial charge is 0.303 e. The van der Waals surface area contributed by atoms with Crippen LogP contribution in [0.15, 0.2) is 23.8 Å². The van der Waals surface area contributed by atoms with Crippen molar-refractivity contribution in [3.63, 3.8) is 0 Å². The van der Waals surface area contributed by atoms with Gasteiger partial charge in [-0.15, -0.1) is 0 Å². The van der Waals surface area contributed by atoms with Crippen LogP contribution in [0.5, 0.6) is 0 Å². The van der Waals surface area contributed by atoms with Gasteiger partial charge in [0.15, 0.2) is 12.6 Å². The second-order valence-corrected chi connectivity index (χ2v) is 12.9. The molecule has 3 aliphatic rings. The number of ether oxygens (including phenoxy) is 4. The highest BCUT2D eigenvalue weighted by atomic mass is 16.7. The number of ketones is 1. The topological polar surface area (TPSA) is 91.3 Å². The van der Waals surface area contributed by atoms with Crippen LogP contribution in [0.1, 0.15) is 118 Å². The normalized spacial score (nSPS) is 28.6. The molecular weight excluding hydrogens is 508 g/mol. The second-order valence-electron chi connectivity index (χ2n) is 12.9. The Bertz CT molecular complexity index is 832. The van der Waals surface area contributed by atoms with Gasteiger partial charge in [0.2, 0.25) is 0 Å². The van der Waals surface area contributed by atoms with Crippen LogP contribution in [0.4, 0.5) is 0 Å². The zero-order valence-corrected chi connectivity index (χ0v) is 25.4. The average molecular weight is 563 g/mol. The maximum absolute atomic E-state index is 13.3. The van der Waals surface area contributed by atoms with Gasteiger partial charge < -0.3 is 24.1 Å². The fourth-order valence-electron chi connectivity index (χ4n) is 6.00. The Balaban J connectivity index is 1.75. The van der Waals surface area contributed by atoms with E-state index in [1.807, 2.05) is 0 Å². The first-order valence-corrected chi connectivity index (χ1v) is 15.8. The van der Waals surface area contributed by atoms with Crippen molar-refractivity contribution < 1.29 is 33.6 Å². The molecule has 3 fully saturated rings. The number of allylic oxidation sites excluding steroid dienone is 2. The number of carbonyl (C=O) groups is 2. The molecule has 2 heterocycles. The van der Waals surface area contributed by atoms with E-state index in [1.165, 1.54) is 5.57 Å². The van der Waals surface area contributed by atoms with Gasteiger partial charge in [-0.25, -0.2) is 0 Å². The van der Waals surface area contributed by atoms with Crippen LogP contribution >= 0.6 is 0 Å². The van der Waals surface area contributed by atoms with Crippen molar-refractivity contribution in [1.29, 1.82) is 0 Å². The summed E-state index contributed by atoms with van der Waals surface area (Å²) in [5.74, 6) is -0.617. The van der Waals surface area contributed by atoms with E-state index in [4.69, 9.17) is 24.1 Å². The van der Waals surface area contributed by atoms with Gasteiger partial charge in [0.1, 0.15) is 5.78 Å². The van der Waals surface area contributed by atoms with Crippen LogP contribution < -0.4 is 0 Å². The standard InChI is InChI=1S/C33H54O7/c1-24(2)19-20-33(3,4)29(40-32-16-10-12-22-38-32)18-17-26-25(13-7-5-6-8-14-30(35)36)27(34)23-28(26)39-31-15-9-11-21-37-31/h17-19,25-26,28-29,31-32H,5-16,20-23H2,1-4H3,(H,35,36)/b18-17+/t25-,26-,28-,29+,31?,32?/m1/s1. The summed E-state index contributed by atoms with van der Waals surface area (Å²) in [6.07, 6.45) is 17.7. The predicted octanol–water partition coefficient (Wildman–Crippen LogP) is 7.38. The summed E-state index contributed by atoms with van der Waals surface area (Å²) in [6, 6.07) is 0. The minimum Gasteiger partial charge on any atom is -0.481 e. The van der Waals surface area contributed by atoms with E-state index in [0.717, 1.165) is 77.2 Å². The first kappa shape index (κ1) is 33.0. The highest BCUT2D eigenvalue weighted by Crippen LogP contribution is 2.39. The number of hydrogen-bond donors (Lipinski definition) is 1. The van der Waals surface area contributed by atoms with Gasteiger partial charge in [0.05, 0.1) is 12.2 Å². The molecule has 0 spiro atoms. The Morgan fingerprint density at radius 1 is 1.02 bits per heavy atom. The fraction of sp³-hybridized carbons (Fsp3) is 0.818. The van der Waals surface area contributed by atoms with E-state index in [9.17, 15) is 9.59 Å². The number of rotatable bonds is 16. The number of carboxylic acid groups (broad SMARTS) is 1. The Morgan fingerprint density at radius 3 is 2.33 bits per heavy atom. The van der Waals surface area contributed by atoms with Gasteiger partial charge in [-0.3, -0.25) is 9.59 Å². The molecule has 2 saturated heterocycles. The number of unbranched alkanes of at least 4 members (excludes halogenated alkanes) is 3. The highest BCUT2D eigenvalue weighted by molar-refractivity contribution is 5.84. The quantitative estimate of drug-likeness (QED) is 0.155. The minimum absolute atomic E-state index is 0.0327. The molecule has 40 heavy (non-hydrogen) atoms. The lowest BCUT2D eigenvalue weighted by atomic mass is 9.80. The van der Waals surface area contributed by atoms with Crippen LogP contribution in [0.25, 0.3) is 0 Å². The molecule has 1 saturated carbocycles. The molecule has 1 N–H and O–H groups in total. The molecular formula is C33H54O7. The summed E-state index contributed by atoms with van der Waals surface area (Å²) >= 11 is 0. The van der Waals surface area contributed by atoms with Crippen molar-refractivity contribution in [2.45, 2.75) is 142 Å². The molecule has 2 aliphatic heterocycles. The number of hydrogen-bond acceptors (Lipinski definition) is 6.